The first kappa shape index (κ1) is 16.0. The Hall–Kier alpha value is -1.89. The molecule has 8 heteroatoms. The Morgan fingerprint density at radius 1 is 1.48 bits per heavy atom. The first-order valence-electron chi connectivity index (χ1n) is 7.73. The van der Waals surface area contributed by atoms with Crippen LogP contribution in [0.5, 0.6) is 0 Å². The molecule has 0 aliphatic carbocycles. The van der Waals surface area contributed by atoms with Crippen LogP contribution in [0.25, 0.3) is 0 Å². The van der Waals surface area contributed by atoms with Gasteiger partial charge in [-0.2, -0.15) is 0 Å². The molecule has 1 aromatic rings. The summed E-state index contributed by atoms with van der Waals surface area (Å²) in [7, 11) is 1.79. The number of nitrogens with one attached hydrogen (secondary N) is 1. The highest BCUT2D eigenvalue weighted by atomic mass is 35.5. The topological polar surface area (TPSA) is 78.4 Å². The van der Waals surface area contributed by atoms with E-state index in [-0.39, 0.29) is 40.7 Å². The lowest BCUT2D eigenvalue weighted by Gasteiger charge is -2.35. The summed E-state index contributed by atoms with van der Waals surface area (Å²) in [6.45, 7) is 4.98. The number of hydrogen-bond acceptors (Lipinski definition) is 4. The number of rotatable bonds is 2. The largest absolute Gasteiger partial charge is 0.335 e. The zero-order valence-electron chi connectivity index (χ0n) is 13.4. The van der Waals surface area contributed by atoms with Crippen LogP contribution in [0, 0.1) is 0 Å². The molecule has 2 aliphatic heterocycles. The number of hydrogen-bond donors (Lipinski definition) is 1. The van der Waals surface area contributed by atoms with Crippen LogP contribution in [0.1, 0.15) is 42.5 Å². The molecule has 124 valence electrons. The number of piperidine rings is 1. The predicted octanol–water partition coefficient (Wildman–Crippen LogP) is 1.49. The van der Waals surface area contributed by atoms with E-state index in [1.807, 2.05) is 13.8 Å². The van der Waals surface area contributed by atoms with Crippen LogP contribution in [0.15, 0.2) is 6.20 Å². The number of amides is 3. The lowest BCUT2D eigenvalue weighted by molar-refractivity contribution is 0.0660. The van der Waals surface area contributed by atoms with Gasteiger partial charge in [0.2, 0.25) is 0 Å². The summed E-state index contributed by atoms with van der Waals surface area (Å²) >= 11 is 6.12. The standard InChI is InChI=1S/C15H20ClN5O2/c1-8(2)13-17-6-9(16)12(19-13)14(22)21-5-4-11-10(7-21)18-15(23)20(11)3/h6,8,10-11H,4-5,7H2,1-3H3,(H,18,23)/t10-,11+/m1/s1. The van der Waals surface area contributed by atoms with E-state index in [1.165, 1.54) is 6.20 Å². The number of halogens is 1. The first-order chi connectivity index (χ1) is 10.9. The van der Waals surface area contributed by atoms with Gasteiger partial charge < -0.3 is 15.1 Å². The van der Waals surface area contributed by atoms with Gasteiger partial charge in [0.15, 0.2) is 5.69 Å². The molecule has 2 atom stereocenters. The molecule has 2 fully saturated rings. The van der Waals surface area contributed by atoms with E-state index in [2.05, 4.69) is 15.3 Å². The zero-order valence-corrected chi connectivity index (χ0v) is 14.2. The third-order valence-electron chi connectivity index (χ3n) is 4.47. The molecule has 3 heterocycles. The van der Waals surface area contributed by atoms with Crippen LogP contribution in [-0.2, 0) is 0 Å². The molecule has 3 amide bonds. The average Bonchev–Trinajstić information content (AvgIpc) is 2.81. The minimum Gasteiger partial charge on any atom is -0.335 e. The Kier molecular flexibility index (Phi) is 4.14. The predicted molar refractivity (Wildman–Crippen MR) is 85.5 cm³/mol. The molecule has 0 spiro atoms. The van der Waals surface area contributed by atoms with Crippen LogP contribution in [0.3, 0.4) is 0 Å². The van der Waals surface area contributed by atoms with Crippen molar-refractivity contribution in [3.8, 4) is 0 Å². The Labute approximate surface area is 140 Å². The molecule has 1 N–H and O–H groups in total. The summed E-state index contributed by atoms with van der Waals surface area (Å²) in [5.74, 6) is 0.510. The van der Waals surface area contributed by atoms with Gasteiger partial charge in [-0.3, -0.25) is 4.79 Å². The van der Waals surface area contributed by atoms with Crippen LogP contribution in [-0.4, -0.2) is 63.9 Å². The van der Waals surface area contributed by atoms with Crippen molar-refractivity contribution in [3.63, 3.8) is 0 Å². The van der Waals surface area contributed by atoms with Crippen molar-refractivity contribution in [2.45, 2.75) is 38.3 Å². The highest BCUT2D eigenvalue weighted by Crippen LogP contribution is 2.24. The van der Waals surface area contributed by atoms with Crippen molar-refractivity contribution < 1.29 is 9.59 Å². The number of nitrogens with zero attached hydrogens (tertiary/aromatic N) is 4. The molecule has 3 rings (SSSR count). The zero-order chi connectivity index (χ0) is 16.7. The lowest BCUT2D eigenvalue weighted by Crippen LogP contribution is -2.52. The molecule has 0 unspecified atom stereocenters. The molecule has 0 bridgehead atoms. The van der Waals surface area contributed by atoms with Crippen LogP contribution in [0.2, 0.25) is 5.02 Å². The lowest BCUT2D eigenvalue weighted by atomic mass is 10.00. The molecular weight excluding hydrogens is 318 g/mol. The second kappa shape index (κ2) is 5.96. The summed E-state index contributed by atoms with van der Waals surface area (Å²) in [4.78, 5) is 36.4. The number of urea groups is 1. The quantitative estimate of drug-likeness (QED) is 0.887. The Bertz CT molecular complexity index is 651. The summed E-state index contributed by atoms with van der Waals surface area (Å²) < 4.78 is 0. The van der Waals surface area contributed by atoms with Crippen LogP contribution >= 0.6 is 11.6 Å². The SMILES string of the molecule is CC(C)c1ncc(Cl)c(C(=O)N2CC[C@H]3[C@@H](C2)NC(=O)N3C)n1. The smallest absolute Gasteiger partial charge is 0.317 e. The molecule has 2 saturated heterocycles. The summed E-state index contributed by atoms with van der Waals surface area (Å²) in [6, 6.07) is 0.00508. The maximum absolute atomic E-state index is 12.8. The normalized spacial score (nSPS) is 24.0. The highest BCUT2D eigenvalue weighted by Gasteiger charge is 2.42. The monoisotopic (exact) mass is 337 g/mol. The van der Waals surface area contributed by atoms with Gasteiger partial charge in [-0.25, -0.2) is 14.8 Å². The van der Waals surface area contributed by atoms with E-state index >= 15 is 0 Å². The first-order valence-corrected chi connectivity index (χ1v) is 8.11. The maximum atomic E-state index is 12.8. The molecule has 23 heavy (non-hydrogen) atoms. The Balaban J connectivity index is 1.79. The number of fused-ring (bicyclic) bond motifs is 1. The van der Waals surface area contributed by atoms with Gasteiger partial charge >= 0.3 is 6.03 Å². The van der Waals surface area contributed by atoms with Gasteiger partial charge in [-0.1, -0.05) is 25.4 Å². The second-order valence-corrected chi connectivity index (χ2v) is 6.76. The fourth-order valence-corrected chi connectivity index (χ4v) is 3.27. The van der Waals surface area contributed by atoms with E-state index in [1.54, 1.807) is 16.8 Å². The van der Waals surface area contributed by atoms with Crippen LogP contribution in [0.4, 0.5) is 4.79 Å². The second-order valence-electron chi connectivity index (χ2n) is 6.35. The van der Waals surface area contributed by atoms with Crippen molar-refractivity contribution in [3.05, 3.63) is 22.7 Å². The van der Waals surface area contributed by atoms with Gasteiger partial charge in [0.1, 0.15) is 5.82 Å². The summed E-state index contributed by atoms with van der Waals surface area (Å²) in [5, 5.41) is 3.17. The van der Waals surface area contributed by atoms with Gasteiger partial charge in [0.25, 0.3) is 5.91 Å². The number of aromatic nitrogens is 2. The molecular formula is C15H20ClN5O2. The van der Waals surface area contributed by atoms with Crippen LogP contribution < -0.4 is 5.32 Å². The molecule has 1 aromatic heterocycles. The third-order valence-corrected chi connectivity index (χ3v) is 4.75. The Morgan fingerprint density at radius 3 is 2.91 bits per heavy atom. The number of likely N-dealkylation sites (N-methyl/N-ethyl adjacent to an activating group) is 1. The van der Waals surface area contributed by atoms with E-state index in [0.717, 1.165) is 6.42 Å². The summed E-state index contributed by atoms with van der Waals surface area (Å²) in [5.41, 5.74) is 0.237. The van der Waals surface area contributed by atoms with Crippen molar-refractivity contribution >= 4 is 23.5 Å². The number of likely N-dealkylation sites (tertiary alicyclic amines) is 1. The van der Waals surface area contributed by atoms with Gasteiger partial charge in [-0.15, -0.1) is 0 Å². The van der Waals surface area contributed by atoms with Crippen molar-refractivity contribution in [1.82, 2.24) is 25.1 Å². The minimum absolute atomic E-state index is 0.0459. The fraction of sp³-hybridized carbons (Fsp3) is 0.600. The molecule has 7 nitrogen and oxygen atoms in total. The van der Waals surface area contributed by atoms with E-state index < -0.39 is 0 Å². The fourth-order valence-electron chi connectivity index (χ4n) is 3.10. The number of carbonyl (C=O) groups excluding carboxylic acids is 2. The minimum atomic E-state index is -0.207. The van der Waals surface area contributed by atoms with Gasteiger partial charge in [0.05, 0.1) is 23.3 Å². The highest BCUT2D eigenvalue weighted by molar-refractivity contribution is 6.33. The van der Waals surface area contributed by atoms with Crippen molar-refractivity contribution in [1.29, 1.82) is 0 Å². The third kappa shape index (κ3) is 2.85. The number of carbonyl (C=O) groups is 2. The molecule has 0 aromatic carbocycles. The van der Waals surface area contributed by atoms with E-state index in [0.29, 0.717) is 18.9 Å². The van der Waals surface area contributed by atoms with Gasteiger partial charge in [0, 0.05) is 26.1 Å². The Morgan fingerprint density at radius 2 is 2.22 bits per heavy atom. The molecule has 0 saturated carbocycles. The van der Waals surface area contributed by atoms with E-state index in [4.69, 9.17) is 11.6 Å². The van der Waals surface area contributed by atoms with E-state index in [9.17, 15) is 9.59 Å². The maximum Gasteiger partial charge on any atom is 0.317 e. The average molecular weight is 338 g/mol. The summed E-state index contributed by atoms with van der Waals surface area (Å²) in [6.07, 6.45) is 2.22. The van der Waals surface area contributed by atoms with Crippen molar-refractivity contribution in [2.24, 2.45) is 0 Å². The van der Waals surface area contributed by atoms with Crippen molar-refractivity contribution in [2.75, 3.05) is 20.1 Å². The molecule has 2 aliphatic rings. The van der Waals surface area contributed by atoms with Gasteiger partial charge in [-0.05, 0) is 6.42 Å². The molecule has 0 radical (unpaired) electrons.